The van der Waals surface area contributed by atoms with Crippen molar-refractivity contribution in [3.8, 4) is 0 Å². The molecule has 0 aliphatic heterocycles. The lowest BCUT2D eigenvalue weighted by Crippen LogP contribution is -1.94. The molecular weight excluding hydrogens is 192 g/mol. The molecule has 0 fully saturated rings. The van der Waals surface area contributed by atoms with Gasteiger partial charge in [0.25, 0.3) is 0 Å². The Morgan fingerprint density at radius 2 is 1.56 bits per heavy atom. The van der Waals surface area contributed by atoms with Crippen molar-refractivity contribution < 1.29 is 0 Å². The van der Waals surface area contributed by atoms with Gasteiger partial charge >= 0.3 is 0 Å². The summed E-state index contributed by atoms with van der Waals surface area (Å²) < 4.78 is 0. The molecule has 1 aromatic carbocycles. The molecule has 0 heterocycles. The normalized spacial score (nSPS) is 11.3. The standard InChI is InChI=1S/C16H24/c1-6-7-8-9-10-16-14(4)12(2)11-13(3)15(16)5/h9-11H,6-8H2,1-5H3. The Balaban J connectivity index is 2.98. The molecule has 0 unspecified atom stereocenters. The molecule has 0 bridgehead atoms. The average molecular weight is 216 g/mol. The molecule has 0 atom stereocenters. The van der Waals surface area contributed by atoms with E-state index in [2.05, 4.69) is 52.8 Å². The molecule has 0 saturated carbocycles. The van der Waals surface area contributed by atoms with Gasteiger partial charge in [-0.2, -0.15) is 0 Å². The third kappa shape index (κ3) is 2.98. The van der Waals surface area contributed by atoms with Crippen LogP contribution in [0, 0.1) is 27.7 Å². The Morgan fingerprint density at radius 3 is 2.06 bits per heavy atom. The number of rotatable bonds is 4. The number of hydrogen-bond acceptors (Lipinski definition) is 0. The summed E-state index contributed by atoms with van der Waals surface area (Å²) in [5.74, 6) is 0. The molecule has 16 heavy (non-hydrogen) atoms. The van der Waals surface area contributed by atoms with Crippen molar-refractivity contribution in [1.29, 1.82) is 0 Å². The molecule has 0 amide bonds. The lowest BCUT2D eigenvalue weighted by molar-refractivity contribution is 0.816. The van der Waals surface area contributed by atoms with E-state index in [-0.39, 0.29) is 0 Å². The third-order valence-electron chi connectivity index (χ3n) is 3.43. The Hall–Kier alpha value is -1.04. The summed E-state index contributed by atoms with van der Waals surface area (Å²) in [6, 6.07) is 2.29. The van der Waals surface area contributed by atoms with Crippen LogP contribution in [0.1, 0.15) is 54.0 Å². The summed E-state index contributed by atoms with van der Waals surface area (Å²) in [5, 5.41) is 0. The second-order valence-electron chi connectivity index (χ2n) is 4.72. The highest BCUT2D eigenvalue weighted by Gasteiger charge is 2.04. The van der Waals surface area contributed by atoms with Crippen LogP contribution in [0.15, 0.2) is 12.1 Å². The van der Waals surface area contributed by atoms with Crippen LogP contribution in [0.2, 0.25) is 0 Å². The van der Waals surface area contributed by atoms with Crippen molar-refractivity contribution in [2.75, 3.05) is 0 Å². The first-order valence-electron chi connectivity index (χ1n) is 6.31. The van der Waals surface area contributed by atoms with Crippen molar-refractivity contribution in [1.82, 2.24) is 0 Å². The minimum atomic E-state index is 1.20. The maximum atomic E-state index is 2.32. The zero-order valence-corrected chi connectivity index (χ0v) is 11.4. The second kappa shape index (κ2) is 5.89. The molecule has 0 aliphatic rings. The maximum absolute atomic E-state index is 2.32. The van der Waals surface area contributed by atoms with Crippen LogP contribution in [0.25, 0.3) is 6.08 Å². The van der Waals surface area contributed by atoms with Crippen LogP contribution < -0.4 is 0 Å². The molecule has 0 nitrogen and oxygen atoms in total. The van der Waals surface area contributed by atoms with Crippen LogP contribution in [-0.2, 0) is 0 Å². The summed E-state index contributed by atoms with van der Waals surface area (Å²) in [4.78, 5) is 0. The first-order valence-corrected chi connectivity index (χ1v) is 6.31. The minimum Gasteiger partial charge on any atom is -0.0839 e. The summed E-state index contributed by atoms with van der Waals surface area (Å²) in [5.41, 5.74) is 7.08. The molecule has 1 aromatic rings. The van der Waals surface area contributed by atoms with E-state index in [0.29, 0.717) is 0 Å². The van der Waals surface area contributed by atoms with Crippen molar-refractivity contribution in [2.45, 2.75) is 53.9 Å². The quantitative estimate of drug-likeness (QED) is 0.612. The fourth-order valence-electron chi connectivity index (χ4n) is 2.02. The second-order valence-corrected chi connectivity index (χ2v) is 4.72. The monoisotopic (exact) mass is 216 g/mol. The van der Waals surface area contributed by atoms with Crippen molar-refractivity contribution in [3.05, 3.63) is 40.0 Å². The minimum absolute atomic E-state index is 1.20. The van der Waals surface area contributed by atoms with Gasteiger partial charge in [0.05, 0.1) is 0 Å². The van der Waals surface area contributed by atoms with E-state index in [1.807, 2.05) is 0 Å². The van der Waals surface area contributed by atoms with Gasteiger partial charge in [0, 0.05) is 0 Å². The topological polar surface area (TPSA) is 0 Å². The number of unbranched alkanes of at least 4 members (excludes halogenated alkanes) is 2. The number of aryl methyl sites for hydroxylation is 2. The van der Waals surface area contributed by atoms with E-state index in [0.717, 1.165) is 0 Å². The maximum Gasteiger partial charge on any atom is -0.0196 e. The van der Waals surface area contributed by atoms with Crippen LogP contribution in [0.5, 0.6) is 0 Å². The zero-order chi connectivity index (χ0) is 12.1. The van der Waals surface area contributed by atoms with Gasteiger partial charge in [-0.25, -0.2) is 0 Å². The van der Waals surface area contributed by atoms with Crippen LogP contribution in [0.3, 0.4) is 0 Å². The summed E-state index contributed by atoms with van der Waals surface area (Å²) in [6.07, 6.45) is 8.38. The molecule has 0 N–H and O–H groups in total. The van der Waals surface area contributed by atoms with Gasteiger partial charge in [0.1, 0.15) is 0 Å². The summed E-state index contributed by atoms with van der Waals surface area (Å²) >= 11 is 0. The predicted molar refractivity (Wildman–Crippen MR) is 73.9 cm³/mol. The van der Waals surface area contributed by atoms with Crippen LogP contribution in [-0.4, -0.2) is 0 Å². The highest BCUT2D eigenvalue weighted by atomic mass is 14.1. The molecule has 0 radical (unpaired) electrons. The van der Waals surface area contributed by atoms with Crippen LogP contribution >= 0.6 is 0 Å². The average Bonchev–Trinajstić information content (AvgIpc) is 2.25. The van der Waals surface area contributed by atoms with Gasteiger partial charge in [-0.15, -0.1) is 0 Å². The molecule has 88 valence electrons. The third-order valence-corrected chi connectivity index (χ3v) is 3.43. The van der Waals surface area contributed by atoms with E-state index < -0.39 is 0 Å². The number of benzene rings is 1. The Morgan fingerprint density at radius 1 is 1.00 bits per heavy atom. The van der Waals surface area contributed by atoms with E-state index in [9.17, 15) is 0 Å². The fourth-order valence-corrected chi connectivity index (χ4v) is 2.02. The molecule has 0 spiro atoms. The SMILES string of the molecule is CCCCC=Cc1c(C)c(C)cc(C)c1C. The van der Waals surface area contributed by atoms with E-state index in [4.69, 9.17) is 0 Å². The molecule has 0 aromatic heterocycles. The van der Waals surface area contributed by atoms with Crippen molar-refractivity contribution >= 4 is 6.08 Å². The molecule has 1 rings (SSSR count). The largest absolute Gasteiger partial charge is 0.0839 e. The van der Waals surface area contributed by atoms with Gasteiger partial charge < -0.3 is 0 Å². The highest BCUT2D eigenvalue weighted by molar-refractivity contribution is 5.61. The van der Waals surface area contributed by atoms with E-state index in [1.165, 1.54) is 47.1 Å². The Kier molecular flexibility index (Phi) is 4.79. The van der Waals surface area contributed by atoms with Crippen molar-refractivity contribution in [3.63, 3.8) is 0 Å². The van der Waals surface area contributed by atoms with Gasteiger partial charge in [0.15, 0.2) is 0 Å². The van der Waals surface area contributed by atoms with Gasteiger partial charge in [0.2, 0.25) is 0 Å². The van der Waals surface area contributed by atoms with Crippen molar-refractivity contribution in [2.24, 2.45) is 0 Å². The number of hydrogen-bond donors (Lipinski definition) is 0. The van der Waals surface area contributed by atoms with Crippen LogP contribution in [0.4, 0.5) is 0 Å². The smallest absolute Gasteiger partial charge is 0.0196 e. The lowest BCUT2D eigenvalue weighted by Gasteiger charge is -2.12. The Bertz CT molecular complexity index is 357. The van der Waals surface area contributed by atoms with Gasteiger partial charge in [-0.05, 0) is 61.9 Å². The summed E-state index contributed by atoms with van der Waals surface area (Å²) in [7, 11) is 0. The summed E-state index contributed by atoms with van der Waals surface area (Å²) in [6.45, 7) is 11.1. The number of allylic oxidation sites excluding steroid dienone is 1. The van der Waals surface area contributed by atoms with Gasteiger partial charge in [-0.3, -0.25) is 0 Å². The van der Waals surface area contributed by atoms with Gasteiger partial charge in [-0.1, -0.05) is 38.0 Å². The molecular formula is C16H24. The van der Waals surface area contributed by atoms with E-state index in [1.54, 1.807) is 0 Å². The van der Waals surface area contributed by atoms with E-state index >= 15 is 0 Å². The molecule has 0 saturated heterocycles. The highest BCUT2D eigenvalue weighted by Crippen LogP contribution is 2.23. The first kappa shape index (κ1) is 13.0. The molecule has 0 heteroatoms. The lowest BCUT2D eigenvalue weighted by atomic mass is 9.94. The fraction of sp³-hybridized carbons (Fsp3) is 0.500. The zero-order valence-electron chi connectivity index (χ0n) is 11.4. The molecule has 0 aliphatic carbocycles. The Labute approximate surface area is 100 Å². The predicted octanol–water partition coefficient (Wildman–Crippen LogP) is 5.12. The first-order chi connectivity index (χ1) is 7.57.